The number of benzene rings is 2. The van der Waals surface area contributed by atoms with Gasteiger partial charge in [-0.25, -0.2) is 0 Å². The number of hydrogen-bond donors (Lipinski definition) is 0. The van der Waals surface area contributed by atoms with Gasteiger partial charge in [0.2, 0.25) is 0 Å². The van der Waals surface area contributed by atoms with E-state index in [1.54, 1.807) is 7.11 Å². The van der Waals surface area contributed by atoms with Crippen molar-refractivity contribution < 1.29 is 4.74 Å². The van der Waals surface area contributed by atoms with Gasteiger partial charge in [0.15, 0.2) is 0 Å². The van der Waals surface area contributed by atoms with E-state index in [9.17, 15) is 0 Å². The van der Waals surface area contributed by atoms with Crippen molar-refractivity contribution in [2.45, 2.75) is 18.2 Å². The first-order valence-electron chi connectivity index (χ1n) is 6.11. The van der Waals surface area contributed by atoms with Crippen LogP contribution in [0, 0.1) is 0 Å². The highest BCUT2D eigenvalue weighted by atomic mass is 35.5. The number of halogens is 1. The Morgan fingerprint density at radius 3 is 2.56 bits per heavy atom. The summed E-state index contributed by atoms with van der Waals surface area (Å²) in [5, 5.41) is 0.0670. The van der Waals surface area contributed by atoms with Gasteiger partial charge in [0.05, 0.1) is 12.5 Å². The third-order valence-electron chi connectivity index (χ3n) is 2.98. The van der Waals surface area contributed by atoms with Crippen LogP contribution in [0.4, 0.5) is 0 Å². The van der Waals surface area contributed by atoms with Crippen LogP contribution in [0.2, 0.25) is 0 Å². The number of hydrogen-bond acceptors (Lipinski definition) is 1. The van der Waals surface area contributed by atoms with Crippen LogP contribution in [-0.2, 0) is 6.42 Å². The van der Waals surface area contributed by atoms with Crippen LogP contribution in [0.15, 0.2) is 54.6 Å². The zero-order chi connectivity index (χ0) is 12.8. The third-order valence-corrected chi connectivity index (χ3v) is 3.45. The van der Waals surface area contributed by atoms with E-state index in [0.29, 0.717) is 0 Å². The van der Waals surface area contributed by atoms with E-state index in [1.807, 2.05) is 30.3 Å². The van der Waals surface area contributed by atoms with E-state index in [1.165, 1.54) is 11.1 Å². The summed E-state index contributed by atoms with van der Waals surface area (Å²) in [6.45, 7) is 0. The zero-order valence-corrected chi connectivity index (χ0v) is 11.2. The zero-order valence-electron chi connectivity index (χ0n) is 10.5. The van der Waals surface area contributed by atoms with Gasteiger partial charge in [0, 0.05) is 0 Å². The molecule has 0 radical (unpaired) electrons. The van der Waals surface area contributed by atoms with Gasteiger partial charge in [-0.2, -0.15) is 0 Å². The molecule has 2 heteroatoms. The maximum absolute atomic E-state index is 6.40. The van der Waals surface area contributed by atoms with Crippen LogP contribution in [0.25, 0.3) is 0 Å². The lowest BCUT2D eigenvalue weighted by molar-refractivity contribution is 0.414. The largest absolute Gasteiger partial charge is 0.497 e. The van der Waals surface area contributed by atoms with Gasteiger partial charge in [0.1, 0.15) is 5.75 Å². The number of rotatable bonds is 5. The Balaban J connectivity index is 1.95. The summed E-state index contributed by atoms with van der Waals surface area (Å²) in [5.41, 5.74) is 2.44. The second-order valence-corrected chi connectivity index (χ2v) is 4.80. The number of alkyl halides is 1. The Bertz CT molecular complexity index is 481. The van der Waals surface area contributed by atoms with Gasteiger partial charge in [-0.1, -0.05) is 42.5 Å². The molecular weight excluding hydrogens is 244 g/mol. The van der Waals surface area contributed by atoms with Crippen molar-refractivity contribution in [2.75, 3.05) is 7.11 Å². The molecule has 18 heavy (non-hydrogen) atoms. The van der Waals surface area contributed by atoms with Gasteiger partial charge in [-0.15, -0.1) is 11.6 Å². The topological polar surface area (TPSA) is 9.23 Å². The van der Waals surface area contributed by atoms with Crippen LogP contribution < -0.4 is 4.74 Å². The molecule has 0 N–H and O–H groups in total. The molecule has 1 unspecified atom stereocenters. The van der Waals surface area contributed by atoms with Crippen LogP contribution in [0.3, 0.4) is 0 Å². The molecule has 0 fully saturated rings. The third kappa shape index (κ3) is 3.51. The van der Waals surface area contributed by atoms with Crippen LogP contribution in [-0.4, -0.2) is 7.11 Å². The smallest absolute Gasteiger partial charge is 0.119 e. The molecule has 0 saturated heterocycles. The fourth-order valence-corrected chi connectivity index (χ4v) is 2.20. The van der Waals surface area contributed by atoms with Crippen LogP contribution in [0.5, 0.6) is 5.75 Å². The van der Waals surface area contributed by atoms with E-state index in [2.05, 4.69) is 24.3 Å². The summed E-state index contributed by atoms with van der Waals surface area (Å²) in [6, 6.07) is 18.3. The summed E-state index contributed by atoms with van der Waals surface area (Å²) < 4.78 is 5.21. The summed E-state index contributed by atoms with van der Waals surface area (Å²) in [5.74, 6) is 0.901. The normalized spacial score (nSPS) is 12.1. The monoisotopic (exact) mass is 260 g/mol. The Hall–Kier alpha value is -1.47. The van der Waals surface area contributed by atoms with Crippen LogP contribution in [0.1, 0.15) is 22.9 Å². The lowest BCUT2D eigenvalue weighted by Gasteiger charge is -2.10. The summed E-state index contributed by atoms with van der Waals surface area (Å²) in [7, 11) is 1.69. The van der Waals surface area contributed by atoms with Crippen LogP contribution >= 0.6 is 11.6 Å². The van der Waals surface area contributed by atoms with Crippen molar-refractivity contribution in [3.63, 3.8) is 0 Å². The Morgan fingerprint density at radius 2 is 1.83 bits per heavy atom. The van der Waals surface area contributed by atoms with E-state index < -0.39 is 0 Å². The molecule has 1 nitrogen and oxygen atoms in total. The van der Waals surface area contributed by atoms with Gasteiger partial charge in [-0.3, -0.25) is 0 Å². The first-order chi connectivity index (χ1) is 8.79. The van der Waals surface area contributed by atoms with Crippen molar-refractivity contribution in [1.29, 1.82) is 0 Å². The summed E-state index contributed by atoms with van der Waals surface area (Å²) >= 11 is 6.40. The second kappa shape index (κ2) is 6.46. The molecule has 0 aliphatic rings. The van der Waals surface area contributed by atoms with E-state index >= 15 is 0 Å². The lowest BCUT2D eigenvalue weighted by Crippen LogP contribution is -1.94. The lowest BCUT2D eigenvalue weighted by atomic mass is 10.0. The number of ether oxygens (including phenoxy) is 1. The van der Waals surface area contributed by atoms with Gasteiger partial charge in [-0.05, 0) is 36.1 Å². The fourth-order valence-electron chi connectivity index (χ4n) is 1.95. The minimum absolute atomic E-state index is 0.0670. The second-order valence-electron chi connectivity index (χ2n) is 4.27. The van der Waals surface area contributed by atoms with Crippen molar-refractivity contribution in [2.24, 2.45) is 0 Å². The quantitative estimate of drug-likeness (QED) is 0.714. The standard InChI is InChI=1S/C16H17ClO/c1-18-15-9-5-6-13(12-15)10-11-16(17)14-7-3-2-4-8-14/h2-9,12,16H,10-11H2,1H3. The number of aryl methyl sites for hydroxylation is 1. The van der Waals surface area contributed by atoms with E-state index in [0.717, 1.165) is 18.6 Å². The Morgan fingerprint density at radius 1 is 1.06 bits per heavy atom. The van der Waals surface area contributed by atoms with Gasteiger partial charge < -0.3 is 4.74 Å². The highest BCUT2D eigenvalue weighted by Crippen LogP contribution is 2.26. The fraction of sp³-hybridized carbons (Fsp3) is 0.250. The minimum Gasteiger partial charge on any atom is -0.497 e. The Labute approximate surface area is 113 Å². The van der Waals surface area contributed by atoms with Gasteiger partial charge >= 0.3 is 0 Å². The molecule has 0 saturated carbocycles. The molecule has 2 aromatic rings. The summed E-state index contributed by atoms with van der Waals surface area (Å²) in [6.07, 6.45) is 1.89. The molecule has 0 aromatic heterocycles. The molecule has 94 valence electrons. The minimum atomic E-state index is 0.0670. The first kappa shape index (κ1) is 13.0. The first-order valence-corrected chi connectivity index (χ1v) is 6.55. The van der Waals surface area contributed by atoms with Gasteiger partial charge in [0.25, 0.3) is 0 Å². The number of methoxy groups -OCH3 is 1. The summed E-state index contributed by atoms with van der Waals surface area (Å²) in [4.78, 5) is 0. The predicted octanol–water partition coefficient (Wildman–Crippen LogP) is 4.61. The van der Waals surface area contributed by atoms with Crippen molar-refractivity contribution >= 4 is 11.6 Å². The molecule has 0 heterocycles. The molecule has 2 aromatic carbocycles. The van der Waals surface area contributed by atoms with Crippen molar-refractivity contribution in [3.05, 3.63) is 65.7 Å². The molecule has 2 rings (SSSR count). The van der Waals surface area contributed by atoms with E-state index in [4.69, 9.17) is 16.3 Å². The Kier molecular flexibility index (Phi) is 4.66. The van der Waals surface area contributed by atoms with E-state index in [-0.39, 0.29) is 5.38 Å². The predicted molar refractivity (Wildman–Crippen MR) is 76.4 cm³/mol. The average Bonchev–Trinajstić information content (AvgIpc) is 2.46. The SMILES string of the molecule is COc1cccc(CCC(Cl)c2ccccc2)c1. The molecule has 0 aliphatic heterocycles. The molecule has 0 aliphatic carbocycles. The molecular formula is C16H17ClO. The molecule has 1 atom stereocenters. The maximum atomic E-state index is 6.40. The molecule has 0 bridgehead atoms. The highest BCUT2D eigenvalue weighted by Gasteiger charge is 2.07. The van der Waals surface area contributed by atoms with Crippen molar-refractivity contribution in [1.82, 2.24) is 0 Å². The maximum Gasteiger partial charge on any atom is 0.119 e. The molecule has 0 amide bonds. The van der Waals surface area contributed by atoms with Crippen molar-refractivity contribution in [3.8, 4) is 5.75 Å². The average molecular weight is 261 g/mol. The molecule has 0 spiro atoms. The highest BCUT2D eigenvalue weighted by molar-refractivity contribution is 6.20.